The molecule has 16 heavy (non-hydrogen) atoms. The summed E-state index contributed by atoms with van der Waals surface area (Å²) < 4.78 is 0. The smallest absolute Gasteiger partial charge is 0.00645 e. The lowest BCUT2D eigenvalue weighted by Crippen LogP contribution is -2.28. The van der Waals surface area contributed by atoms with Gasteiger partial charge >= 0.3 is 0 Å². The van der Waals surface area contributed by atoms with Crippen molar-refractivity contribution in [3.8, 4) is 0 Å². The molecule has 0 amide bonds. The zero-order chi connectivity index (χ0) is 11.8. The third-order valence-electron chi connectivity index (χ3n) is 4.32. The fourth-order valence-electron chi connectivity index (χ4n) is 2.83. The molecule has 0 aromatic heterocycles. The lowest BCUT2D eigenvalue weighted by atomic mass is 9.91. The molecule has 1 aliphatic rings. The predicted molar refractivity (Wildman–Crippen MR) is 72.5 cm³/mol. The van der Waals surface area contributed by atoms with Crippen molar-refractivity contribution in [2.45, 2.75) is 84.1 Å². The standard InChI is InChI=1S/C15H31N/c1-13-9-5-3-4-6-12-15(16)14(2)11-8-7-10-13/h13-15H,3-12,16H2,1-2H3. The normalized spacial score (nSPS) is 35.8. The zero-order valence-corrected chi connectivity index (χ0v) is 11.4. The van der Waals surface area contributed by atoms with E-state index in [1.807, 2.05) is 0 Å². The van der Waals surface area contributed by atoms with Crippen LogP contribution in [0.3, 0.4) is 0 Å². The van der Waals surface area contributed by atoms with Crippen molar-refractivity contribution in [2.75, 3.05) is 0 Å². The van der Waals surface area contributed by atoms with Gasteiger partial charge in [-0.2, -0.15) is 0 Å². The van der Waals surface area contributed by atoms with Gasteiger partial charge in [0, 0.05) is 6.04 Å². The molecule has 1 fully saturated rings. The summed E-state index contributed by atoms with van der Waals surface area (Å²) in [5.41, 5.74) is 6.22. The van der Waals surface area contributed by atoms with Gasteiger partial charge in [0.2, 0.25) is 0 Å². The van der Waals surface area contributed by atoms with Crippen LogP contribution in [-0.4, -0.2) is 6.04 Å². The van der Waals surface area contributed by atoms with Crippen LogP contribution in [0.1, 0.15) is 78.1 Å². The van der Waals surface area contributed by atoms with Crippen LogP contribution in [-0.2, 0) is 0 Å². The molecule has 0 heterocycles. The van der Waals surface area contributed by atoms with Crippen molar-refractivity contribution >= 4 is 0 Å². The molecule has 1 saturated carbocycles. The van der Waals surface area contributed by atoms with Gasteiger partial charge < -0.3 is 5.73 Å². The van der Waals surface area contributed by atoms with E-state index in [4.69, 9.17) is 5.73 Å². The van der Waals surface area contributed by atoms with Crippen LogP contribution >= 0.6 is 0 Å². The van der Waals surface area contributed by atoms with Gasteiger partial charge in [-0.25, -0.2) is 0 Å². The highest BCUT2D eigenvalue weighted by Gasteiger charge is 2.13. The Kier molecular flexibility index (Phi) is 7.11. The molecule has 1 nitrogen and oxygen atoms in total. The van der Waals surface area contributed by atoms with Crippen LogP contribution in [0.4, 0.5) is 0 Å². The minimum Gasteiger partial charge on any atom is -0.327 e. The molecule has 0 aliphatic heterocycles. The molecule has 3 unspecified atom stereocenters. The second-order valence-corrected chi connectivity index (χ2v) is 6.02. The maximum absolute atomic E-state index is 6.22. The molecule has 0 aromatic rings. The van der Waals surface area contributed by atoms with Crippen LogP contribution in [0, 0.1) is 11.8 Å². The highest BCUT2D eigenvalue weighted by atomic mass is 14.6. The number of hydrogen-bond acceptors (Lipinski definition) is 1. The van der Waals surface area contributed by atoms with Gasteiger partial charge in [-0.1, -0.05) is 65.2 Å². The molecule has 96 valence electrons. The third-order valence-corrected chi connectivity index (χ3v) is 4.32. The molecule has 0 radical (unpaired) electrons. The molecule has 1 aliphatic carbocycles. The maximum atomic E-state index is 6.22. The van der Waals surface area contributed by atoms with Crippen LogP contribution in [0.2, 0.25) is 0 Å². The van der Waals surface area contributed by atoms with E-state index in [9.17, 15) is 0 Å². The first-order valence-electron chi connectivity index (χ1n) is 7.45. The molecular weight excluding hydrogens is 194 g/mol. The molecule has 3 atom stereocenters. The summed E-state index contributed by atoms with van der Waals surface area (Å²) in [5.74, 6) is 1.68. The fourth-order valence-corrected chi connectivity index (χ4v) is 2.83. The molecular formula is C15H31N. The van der Waals surface area contributed by atoms with Crippen LogP contribution in [0.5, 0.6) is 0 Å². The first-order chi connectivity index (χ1) is 7.70. The second-order valence-electron chi connectivity index (χ2n) is 6.02. The highest BCUT2D eigenvalue weighted by molar-refractivity contribution is 4.70. The van der Waals surface area contributed by atoms with E-state index in [2.05, 4.69) is 13.8 Å². The number of rotatable bonds is 0. The Labute approximate surface area is 102 Å². The minimum absolute atomic E-state index is 0.457. The fraction of sp³-hybridized carbons (Fsp3) is 1.00. The SMILES string of the molecule is CC1CCCCCCC(N)C(C)CCCC1. The summed E-state index contributed by atoms with van der Waals surface area (Å²) in [6.45, 7) is 4.77. The van der Waals surface area contributed by atoms with Gasteiger partial charge in [-0.3, -0.25) is 0 Å². The average molecular weight is 225 g/mol. The minimum atomic E-state index is 0.457. The maximum Gasteiger partial charge on any atom is 0.00645 e. The van der Waals surface area contributed by atoms with Gasteiger partial charge in [-0.15, -0.1) is 0 Å². The zero-order valence-electron chi connectivity index (χ0n) is 11.4. The Bertz CT molecular complexity index is 167. The van der Waals surface area contributed by atoms with Gasteiger partial charge in [-0.05, 0) is 24.7 Å². The van der Waals surface area contributed by atoms with Crippen molar-refractivity contribution in [3.05, 3.63) is 0 Å². The van der Waals surface area contributed by atoms with Crippen LogP contribution < -0.4 is 5.73 Å². The van der Waals surface area contributed by atoms with E-state index in [0.29, 0.717) is 6.04 Å². The van der Waals surface area contributed by atoms with Gasteiger partial charge in [0.25, 0.3) is 0 Å². The summed E-state index contributed by atoms with van der Waals surface area (Å²) in [4.78, 5) is 0. The van der Waals surface area contributed by atoms with E-state index in [1.165, 1.54) is 64.2 Å². The quantitative estimate of drug-likeness (QED) is 0.645. The van der Waals surface area contributed by atoms with E-state index in [0.717, 1.165) is 11.8 Å². The van der Waals surface area contributed by atoms with Crippen LogP contribution in [0.15, 0.2) is 0 Å². The molecule has 2 N–H and O–H groups in total. The molecule has 0 aromatic carbocycles. The Morgan fingerprint density at radius 3 is 1.88 bits per heavy atom. The first kappa shape index (κ1) is 14.0. The Morgan fingerprint density at radius 2 is 1.19 bits per heavy atom. The molecule has 1 rings (SSSR count). The lowest BCUT2D eigenvalue weighted by Gasteiger charge is -2.19. The van der Waals surface area contributed by atoms with Crippen molar-refractivity contribution in [1.29, 1.82) is 0 Å². The topological polar surface area (TPSA) is 26.0 Å². The summed E-state index contributed by atoms with van der Waals surface area (Å²) in [6.07, 6.45) is 13.9. The van der Waals surface area contributed by atoms with Crippen molar-refractivity contribution in [2.24, 2.45) is 17.6 Å². The van der Waals surface area contributed by atoms with Gasteiger partial charge in [0.05, 0.1) is 0 Å². The first-order valence-corrected chi connectivity index (χ1v) is 7.45. The number of hydrogen-bond donors (Lipinski definition) is 1. The summed E-state index contributed by atoms with van der Waals surface area (Å²) in [7, 11) is 0. The summed E-state index contributed by atoms with van der Waals surface area (Å²) in [5, 5.41) is 0. The van der Waals surface area contributed by atoms with E-state index < -0.39 is 0 Å². The Morgan fingerprint density at radius 1 is 0.688 bits per heavy atom. The highest BCUT2D eigenvalue weighted by Crippen LogP contribution is 2.22. The Balaban J connectivity index is 2.31. The summed E-state index contributed by atoms with van der Waals surface area (Å²) in [6, 6.07) is 0.457. The van der Waals surface area contributed by atoms with Crippen molar-refractivity contribution in [3.63, 3.8) is 0 Å². The van der Waals surface area contributed by atoms with Gasteiger partial charge in [0.15, 0.2) is 0 Å². The lowest BCUT2D eigenvalue weighted by molar-refractivity contribution is 0.376. The van der Waals surface area contributed by atoms with E-state index in [-0.39, 0.29) is 0 Å². The van der Waals surface area contributed by atoms with Crippen molar-refractivity contribution in [1.82, 2.24) is 0 Å². The van der Waals surface area contributed by atoms with Crippen molar-refractivity contribution < 1.29 is 0 Å². The van der Waals surface area contributed by atoms with Gasteiger partial charge in [0.1, 0.15) is 0 Å². The molecule has 0 saturated heterocycles. The van der Waals surface area contributed by atoms with E-state index >= 15 is 0 Å². The largest absolute Gasteiger partial charge is 0.327 e. The molecule has 1 heteroatoms. The third kappa shape index (κ3) is 5.89. The second kappa shape index (κ2) is 8.11. The monoisotopic (exact) mass is 225 g/mol. The number of nitrogens with two attached hydrogens (primary N) is 1. The summed E-state index contributed by atoms with van der Waals surface area (Å²) >= 11 is 0. The molecule has 0 spiro atoms. The van der Waals surface area contributed by atoms with Crippen LogP contribution in [0.25, 0.3) is 0 Å². The average Bonchev–Trinajstić information content (AvgIpc) is 2.28. The predicted octanol–water partition coefficient (Wildman–Crippen LogP) is 4.50. The molecule has 0 bridgehead atoms. The van der Waals surface area contributed by atoms with E-state index in [1.54, 1.807) is 0 Å². The Hall–Kier alpha value is -0.0400.